The van der Waals surface area contributed by atoms with Crippen LogP contribution in [-0.2, 0) is 0 Å². The van der Waals surface area contributed by atoms with E-state index in [1.807, 2.05) is 26.1 Å². The van der Waals surface area contributed by atoms with Crippen LogP contribution in [0.2, 0.25) is 5.02 Å². The summed E-state index contributed by atoms with van der Waals surface area (Å²) in [7, 11) is 2.04. The van der Waals surface area contributed by atoms with Gasteiger partial charge in [-0.3, -0.25) is 0 Å². The van der Waals surface area contributed by atoms with Gasteiger partial charge in [-0.1, -0.05) is 11.6 Å². The van der Waals surface area contributed by atoms with Gasteiger partial charge in [0.1, 0.15) is 0 Å². The SMILES string of the molecule is Cc1ccc(N2CCC(N(C)c3ncc(Cl)cn3)CC2)nn1. The molecule has 22 heavy (non-hydrogen) atoms. The van der Waals surface area contributed by atoms with Gasteiger partial charge in [-0.15, -0.1) is 5.10 Å². The summed E-state index contributed by atoms with van der Waals surface area (Å²) in [4.78, 5) is 13.0. The fourth-order valence-electron chi connectivity index (χ4n) is 2.69. The van der Waals surface area contributed by atoms with Gasteiger partial charge in [0, 0.05) is 26.2 Å². The molecule has 2 aromatic heterocycles. The van der Waals surface area contributed by atoms with Gasteiger partial charge >= 0.3 is 0 Å². The van der Waals surface area contributed by atoms with Crippen molar-refractivity contribution in [3.05, 3.63) is 35.2 Å². The average molecular weight is 319 g/mol. The molecule has 7 heteroatoms. The van der Waals surface area contributed by atoms with Gasteiger partial charge < -0.3 is 9.80 Å². The van der Waals surface area contributed by atoms with Crippen LogP contribution in [0.4, 0.5) is 11.8 Å². The third-order valence-corrected chi connectivity index (χ3v) is 4.24. The molecule has 2 aromatic rings. The van der Waals surface area contributed by atoms with Crippen molar-refractivity contribution in [2.24, 2.45) is 0 Å². The minimum atomic E-state index is 0.427. The Bertz CT molecular complexity index is 607. The van der Waals surface area contributed by atoms with Crippen molar-refractivity contribution in [2.75, 3.05) is 29.9 Å². The van der Waals surface area contributed by atoms with Gasteiger partial charge in [0.2, 0.25) is 5.95 Å². The van der Waals surface area contributed by atoms with Crippen LogP contribution in [0.3, 0.4) is 0 Å². The summed E-state index contributed by atoms with van der Waals surface area (Å²) in [5.41, 5.74) is 0.943. The number of anilines is 2. The third kappa shape index (κ3) is 3.27. The van der Waals surface area contributed by atoms with Gasteiger partial charge in [-0.05, 0) is 31.9 Å². The molecule has 116 valence electrons. The molecule has 3 heterocycles. The molecule has 0 N–H and O–H groups in total. The fourth-order valence-corrected chi connectivity index (χ4v) is 2.79. The average Bonchev–Trinajstić information content (AvgIpc) is 2.56. The standard InChI is InChI=1S/C15H19ClN6/c1-11-3-4-14(20-19-11)22-7-5-13(6-8-22)21(2)15-17-9-12(16)10-18-15/h3-4,9-10,13H,5-8H2,1-2H3. The van der Waals surface area contributed by atoms with Crippen molar-refractivity contribution in [2.45, 2.75) is 25.8 Å². The summed E-state index contributed by atoms with van der Waals surface area (Å²) in [6, 6.07) is 4.47. The number of aryl methyl sites for hydroxylation is 1. The molecule has 0 aromatic carbocycles. The highest BCUT2D eigenvalue weighted by molar-refractivity contribution is 6.30. The number of halogens is 1. The van der Waals surface area contributed by atoms with E-state index in [-0.39, 0.29) is 0 Å². The zero-order chi connectivity index (χ0) is 15.5. The number of nitrogens with zero attached hydrogens (tertiary/aromatic N) is 6. The summed E-state index contributed by atoms with van der Waals surface area (Å²) < 4.78 is 0. The Kier molecular flexibility index (Phi) is 4.38. The smallest absolute Gasteiger partial charge is 0.225 e. The molecular weight excluding hydrogens is 300 g/mol. The Hall–Kier alpha value is -1.95. The maximum atomic E-state index is 5.84. The van der Waals surface area contributed by atoms with Crippen molar-refractivity contribution >= 4 is 23.4 Å². The predicted octanol–water partition coefficient (Wildman–Crippen LogP) is 2.33. The van der Waals surface area contributed by atoms with Crippen molar-refractivity contribution < 1.29 is 0 Å². The lowest BCUT2D eigenvalue weighted by molar-refractivity contribution is 0.474. The monoisotopic (exact) mass is 318 g/mol. The normalized spacial score (nSPS) is 15.9. The van der Waals surface area contributed by atoms with Gasteiger partial charge in [0.25, 0.3) is 0 Å². The van der Waals surface area contributed by atoms with Crippen LogP contribution in [-0.4, -0.2) is 46.3 Å². The van der Waals surface area contributed by atoms with Gasteiger partial charge in [0.05, 0.1) is 23.1 Å². The first-order chi connectivity index (χ1) is 10.6. The van der Waals surface area contributed by atoms with Crippen LogP contribution in [0.5, 0.6) is 0 Å². The second-order valence-electron chi connectivity index (χ2n) is 5.56. The van der Waals surface area contributed by atoms with Crippen molar-refractivity contribution in [1.29, 1.82) is 0 Å². The number of hydrogen-bond acceptors (Lipinski definition) is 6. The molecule has 0 radical (unpaired) electrons. The Morgan fingerprint density at radius 1 is 1.14 bits per heavy atom. The zero-order valence-corrected chi connectivity index (χ0v) is 13.5. The molecule has 1 fully saturated rings. The molecule has 0 atom stereocenters. The van der Waals surface area contributed by atoms with Crippen LogP contribution in [0.1, 0.15) is 18.5 Å². The third-order valence-electron chi connectivity index (χ3n) is 4.04. The van der Waals surface area contributed by atoms with E-state index in [1.54, 1.807) is 12.4 Å². The van der Waals surface area contributed by atoms with Crippen LogP contribution in [0, 0.1) is 6.92 Å². The Morgan fingerprint density at radius 2 is 1.82 bits per heavy atom. The lowest BCUT2D eigenvalue weighted by Gasteiger charge is -2.37. The topological polar surface area (TPSA) is 58.0 Å². The van der Waals surface area contributed by atoms with Gasteiger partial charge in [0.15, 0.2) is 5.82 Å². The molecule has 0 bridgehead atoms. The second kappa shape index (κ2) is 6.44. The highest BCUT2D eigenvalue weighted by atomic mass is 35.5. The highest BCUT2D eigenvalue weighted by Gasteiger charge is 2.24. The summed E-state index contributed by atoms with van der Waals surface area (Å²) in [5, 5.41) is 8.95. The molecule has 1 aliphatic rings. The number of rotatable bonds is 3. The minimum Gasteiger partial charge on any atom is -0.355 e. The van der Waals surface area contributed by atoms with Crippen molar-refractivity contribution in [3.63, 3.8) is 0 Å². The lowest BCUT2D eigenvalue weighted by atomic mass is 10.0. The van der Waals surface area contributed by atoms with Crippen LogP contribution in [0.15, 0.2) is 24.5 Å². The second-order valence-corrected chi connectivity index (χ2v) is 6.00. The van der Waals surface area contributed by atoms with E-state index in [0.29, 0.717) is 11.1 Å². The molecule has 6 nitrogen and oxygen atoms in total. The molecule has 0 aliphatic carbocycles. The van der Waals surface area contributed by atoms with Gasteiger partial charge in [-0.25, -0.2) is 9.97 Å². The van der Waals surface area contributed by atoms with E-state index >= 15 is 0 Å². The maximum Gasteiger partial charge on any atom is 0.225 e. The Morgan fingerprint density at radius 3 is 2.41 bits per heavy atom. The van der Waals surface area contributed by atoms with E-state index in [1.165, 1.54) is 0 Å². The fraction of sp³-hybridized carbons (Fsp3) is 0.467. The molecule has 0 unspecified atom stereocenters. The van der Waals surface area contributed by atoms with E-state index in [0.717, 1.165) is 43.4 Å². The first-order valence-corrected chi connectivity index (χ1v) is 7.77. The van der Waals surface area contributed by atoms with Crippen LogP contribution in [0.25, 0.3) is 0 Å². The molecule has 3 rings (SSSR count). The summed E-state index contributed by atoms with van der Waals surface area (Å²) >= 11 is 5.84. The number of piperidine rings is 1. The van der Waals surface area contributed by atoms with E-state index in [4.69, 9.17) is 11.6 Å². The van der Waals surface area contributed by atoms with E-state index in [2.05, 4.69) is 30.0 Å². The van der Waals surface area contributed by atoms with Crippen molar-refractivity contribution in [3.8, 4) is 0 Å². The summed E-state index contributed by atoms with van der Waals surface area (Å²) in [6.45, 7) is 3.87. The predicted molar refractivity (Wildman–Crippen MR) is 87.4 cm³/mol. The molecule has 0 spiro atoms. The lowest BCUT2D eigenvalue weighted by Crippen LogP contribution is -2.44. The highest BCUT2D eigenvalue weighted by Crippen LogP contribution is 2.22. The van der Waals surface area contributed by atoms with Crippen molar-refractivity contribution in [1.82, 2.24) is 20.2 Å². The van der Waals surface area contributed by atoms with E-state index < -0.39 is 0 Å². The summed E-state index contributed by atoms with van der Waals surface area (Å²) in [5.74, 6) is 1.67. The quantitative estimate of drug-likeness (QED) is 0.865. The first kappa shape index (κ1) is 15.0. The maximum absolute atomic E-state index is 5.84. The first-order valence-electron chi connectivity index (χ1n) is 7.39. The molecule has 1 aliphatic heterocycles. The molecular formula is C15H19ClN6. The molecule has 0 amide bonds. The minimum absolute atomic E-state index is 0.427. The van der Waals surface area contributed by atoms with Gasteiger partial charge in [-0.2, -0.15) is 5.10 Å². The zero-order valence-electron chi connectivity index (χ0n) is 12.8. The summed E-state index contributed by atoms with van der Waals surface area (Å²) in [6.07, 6.45) is 5.35. The molecule has 1 saturated heterocycles. The van der Waals surface area contributed by atoms with Crippen LogP contribution >= 0.6 is 11.6 Å². The molecule has 0 saturated carbocycles. The Labute approximate surface area is 135 Å². The number of aromatic nitrogens is 4. The van der Waals surface area contributed by atoms with E-state index in [9.17, 15) is 0 Å². The number of hydrogen-bond donors (Lipinski definition) is 0. The van der Waals surface area contributed by atoms with Crippen LogP contribution < -0.4 is 9.80 Å². The largest absolute Gasteiger partial charge is 0.355 e. The Balaban J connectivity index is 1.61.